The van der Waals surface area contributed by atoms with Crippen LogP contribution < -0.4 is 4.74 Å². The van der Waals surface area contributed by atoms with Crippen molar-refractivity contribution < 1.29 is 36.9 Å². The summed E-state index contributed by atoms with van der Waals surface area (Å²) in [5, 5.41) is 9.94. The number of halogens is 4. The largest absolute Gasteiger partial charge is 0.461 e. The zero-order valence-corrected chi connectivity index (χ0v) is 11.3. The number of carbonyl (C=O) groups is 1. The first-order valence-electron chi connectivity index (χ1n) is 5.95. The number of ether oxygens (including phenoxy) is 2. The predicted octanol–water partition coefficient (Wildman–Crippen LogP) is 2.69. The van der Waals surface area contributed by atoms with Gasteiger partial charge in [0.05, 0.1) is 6.61 Å². The van der Waals surface area contributed by atoms with Crippen LogP contribution in [0.1, 0.15) is 19.4 Å². The van der Waals surface area contributed by atoms with Crippen molar-refractivity contribution in [2.75, 3.05) is 6.61 Å². The van der Waals surface area contributed by atoms with E-state index in [1.807, 2.05) is 0 Å². The SMILES string of the molecule is CCOC(=O)C(F)(F)C(C)(O)c1ccc(OC(F)F)cc1. The molecule has 0 heterocycles. The van der Waals surface area contributed by atoms with E-state index in [9.17, 15) is 27.5 Å². The smallest absolute Gasteiger partial charge is 0.387 e. The van der Waals surface area contributed by atoms with Crippen molar-refractivity contribution in [1.82, 2.24) is 0 Å². The molecule has 0 aliphatic heterocycles. The van der Waals surface area contributed by atoms with E-state index >= 15 is 0 Å². The highest BCUT2D eigenvalue weighted by Gasteiger charge is 2.57. The topological polar surface area (TPSA) is 55.8 Å². The van der Waals surface area contributed by atoms with Gasteiger partial charge in [-0.3, -0.25) is 0 Å². The highest BCUT2D eigenvalue weighted by atomic mass is 19.3. The van der Waals surface area contributed by atoms with Gasteiger partial charge >= 0.3 is 18.5 Å². The normalized spacial score (nSPS) is 14.7. The van der Waals surface area contributed by atoms with Crippen molar-refractivity contribution in [3.8, 4) is 5.75 Å². The summed E-state index contributed by atoms with van der Waals surface area (Å²) in [7, 11) is 0. The molecule has 0 saturated heterocycles. The standard InChI is InChI=1S/C13H14F4O4/c1-3-20-10(18)13(16,17)12(2,19)8-4-6-9(7-5-8)21-11(14)15/h4-7,11,19H,3H2,1-2H3. The van der Waals surface area contributed by atoms with Crippen LogP contribution in [0.2, 0.25) is 0 Å². The number of aliphatic hydroxyl groups is 1. The van der Waals surface area contributed by atoms with Gasteiger partial charge < -0.3 is 14.6 Å². The zero-order chi connectivity index (χ0) is 16.3. The molecule has 0 aliphatic rings. The maximum atomic E-state index is 13.9. The number of rotatable bonds is 6. The molecule has 0 fully saturated rings. The highest BCUT2D eigenvalue weighted by molar-refractivity contribution is 5.79. The molecule has 21 heavy (non-hydrogen) atoms. The Balaban J connectivity index is 3.03. The van der Waals surface area contributed by atoms with Gasteiger partial charge in [0.15, 0.2) is 5.60 Å². The van der Waals surface area contributed by atoms with Gasteiger partial charge in [0.25, 0.3) is 0 Å². The third-order valence-corrected chi connectivity index (χ3v) is 2.78. The molecule has 0 spiro atoms. The van der Waals surface area contributed by atoms with E-state index in [2.05, 4.69) is 9.47 Å². The van der Waals surface area contributed by atoms with Gasteiger partial charge in [-0.15, -0.1) is 0 Å². The molecule has 4 nitrogen and oxygen atoms in total. The lowest BCUT2D eigenvalue weighted by Crippen LogP contribution is -2.49. The Labute approximate surface area is 118 Å². The number of esters is 1. The first-order chi connectivity index (χ1) is 9.62. The maximum absolute atomic E-state index is 13.9. The fraction of sp³-hybridized carbons (Fsp3) is 0.462. The number of carbonyl (C=O) groups excluding carboxylic acids is 1. The van der Waals surface area contributed by atoms with Gasteiger partial charge in [-0.1, -0.05) is 12.1 Å². The van der Waals surface area contributed by atoms with Crippen molar-refractivity contribution in [3.63, 3.8) is 0 Å². The van der Waals surface area contributed by atoms with E-state index in [4.69, 9.17) is 0 Å². The molecule has 1 atom stereocenters. The van der Waals surface area contributed by atoms with E-state index in [0.29, 0.717) is 0 Å². The quantitative estimate of drug-likeness (QED) is 0.648. The third-order valence-electron chi connectivity index (χ3n) is 2.78. The van der Waals surface area contributed by atoms with Crippen molar-refractivity contribution >= 4 is 5.97 Å². The summed E-state index contributed by atoms with van der Waals surface area (Å²) in [4.78, 5) is 11.2. The van der Waals surface area contributed by atoms with Crippen molar-refractivity contribution in [2.45, 2.75) is 32.0 Å². The maximum Gasteiger partial charge on any atom is 0.387 e. The van der Waals surface area contributed by atoms with Crippen molar-refractivity contribution in [3.05, 3.63) is 29.8 Å². The second kappa shape index (κ2) is 6.30. The molecule has 118 valence electrons. The van der Waals surface area contributed by atoms with Gasteiger partial charge in [0.1, 0.15) is 5.75 Å². The van der Waals surface area contributed by atoms with E-state index in [1.165, 1.54) is 6.92 Å². The minimum absolute atomic E-state index is 0.260. The molecule has 0 saturated carbocycles. The summed E-state index contributed by atoms with van der Waals surface area (Å²) in [5.41, 5.74) is -3.20. The highest BCUT2D eigenvalue weighted by Crippen LogP contribution is 2.39. The molecule has 0 amide bonds. The van der Waals surface area contributed by atoms with Crippen molar-refractivity contribution in [2.24, 2.45) is 0 Å². The number of hydrogen-bond acceptors (Lipinski definition) is 4. The molecule has 0 aromatic heterocycles. The van der Waals surface area contributed by atoms with E-state index in [1.54, 1.807) is 0 Å². The lowest BCUT2D eigenvalue weighted by atomic mass is 9.89. The van der Waals surface area contributed by atoms with Gasteiger partial charge in [0, 0.05) is 0 Å². The fourth-order valence-electron chi connectivity index (χ4n) is 1.56. The van der Waals surface area contributed by atoms with E-state index < -0.39 is 24.1 Å². The lowest BCUT2D eigenvalue weighted by molar-refractivity contribution is -0.212. The minimum Gasteiger partial charge on any atom is -0.461 e. The van der Waals surface area contributed by atoms with Crippen LogP contribution in [0, 0.1) is 0 Å². The first kappa shape index (κ1) is 17.2. The summed E-state index contributed by atoms with van der Waals surface area (Å²) in [5.74, 6) is -6.33. The summed E-state index contributed by atoms with van der Waals surface area (Å²) in [6, 6.07) is 3.89. The molecule has 0 bridgehead atoms. The molecule has 0 aliphatic carbocycles. The van der Waals surface area contributed by atoms with Crippen LogP contribution in [0.25, 0.3) is 0 Å². The Kier molecular flexibility index (Phi) is 5.16. The molecule has 8 heteroatoms. The number of benzene rings is 1. The second-order valence-electron chi connectivity index (χ2n) is 4.27. The van der Waals surface area contributed by atoms with Crippen LogP contribution in [-0.4, -0.2) is 30.2 Å². The van der Waals surface area contributed by atoms with Crippen LogP contribution in [-0.2, 0) is 15.1 Å². The van der Waals surface area contributed by atoms with Gasteiger partial charge in [-0.2, -0.15) is 17.6 Å². The second-order valence-corrected chi connectivity index (χ2v) is 4.27. The van der Waals surface area contributed by atoms with E-state index in [0.717, 1.165) is 31.2 Å². The monoisotopic (exact) mass is 310 g/mol. The zero-order valence-electron chi connectivity index (χ0n) is 11.3. The summed E-state index contributed by atoms with van der Waals surface area (Å²) < 4.78 is 60.0. The number of alkyl halides is 4. The molecule has 1 aromatic carbocycles. The average molecular weight is 310 g/mol. The Morgan fingerprint density at radius 3 is 2.24 bits per heavy atom. The molecule has 1 N–H and O–H groups in total. The molecule has 1 aromatic rings. The Hall–Kier alpha value is -1.83. The Morgan fingerprint density at radius 2 is 1.81 bits per heavy atom. The molecule has 1 unspecified atom stereocenters. The first-order valence-corrected chi connectivity index (χ1v) is 5.95. The van der Waals surface area contributed by atoms with Crippen molar-refractivity contribution in [1.29, 1.82) is 0 Å². The van der Waals surface area contributed by atoms with E-state index in [-0.39, 0.29) is 17.9 Å². The summed E-state index contributed by atoms with van der Waals surface area (Å²) in [6.07, 6.45) is 0. The third kappa shape index (κ3) is 3.63. The summed E-state index contributed by atoms with van der Waals surface area (Å²) >= 11 is 0. The van der Waals surface area contributed by atoms with Crippen LogP contribution >= 0.6 is 0 Å². The number of hydrogen-bond donors (Lipinski definition) is 1. The van der Waals surface area contributed by atoms with Crippen LogP contribution in [0.5, 0.6) is 5.75 Å². The molecule has 0 radical (unpaired) electrons. The van der Waals surface area contributed by atoms with Crippen LogP contribution in [0.4, 0.5) is 17.6 Å². The van der Waals surface area contributed by atoms with Gasteiger partial charge in [-0.25, -0.2) is 4.79 Å². The van der Waals surface area contributed by atoms with Gasteiger partial charge in [-0.05, 0) is 31.5 Å². The minimum atomic E-state index is -4.20. The average Bonchev–Trinajstić information content (AvgIpc) is 2.38. The Morgan fingerprint density at radius 1 is 1.29 bits per heavy atom. The predicted molar refractivity (Wildman–Crippen MR) is 64.2 cm³/mol. The molecular formula is C13H14F4O4. The lowest BCUT2D eigenvalue weighted by Gasteiger charge is -2.31. The van der Waals surface area contributed by atoms with Crippen LogP contribution in [0.15, 0.2) is 24.3 Å². The van der Waals surface area contributed by atoms with Gasteiger partial charge in [0.2, 0.25) is 0 Å². The van der Waals surface area contributed by atoms with Crippen LogP contribution in [0.3, 0.4) is 0 Å². The molecular weight excluding hydrogens is 296 g/mol. The molecule has 1 rings (SSSR count). The fourth-order valence-corrected chi connectivity index (χ4v) is 1.56. The summed E-state index contributed by atoms with van der Waals surface area (Å²) in [6.45, 7) is -1.25. The Bertz CT molecular complexity index is 485.